The lowest BCUT2D eigenvalue weighted by molar-refractivity contribution is -0.160. The average Bonchev–Trinajstić information content (AvgIpc) is 1.59. The molecule has 0 unspecified atom stereocenters. The van der Waals surface area contributed by atoms with Crippen molar-refractivity contribution in [2.75, 3.05) is 6.54 Å². The van der Waals surface area contributed by atoms with Crippen molar-refractivity contribution in [3.05, 3.63) is 0 Å². The standard InChI is InChI=1S/C4H12N2O2/c5-3-1-2-4(6,7)8/h7-8H,1-3,5-6H2. The molecule has 0 aliphatic heterocycles. The molecule has 8 heavy (non-hydrogen) atoms. The van der Waals surface area contributed by atoms with Crippen molar-refractivity contribution in [1.82, 2.24) is 0 Å². The molecule has 0 rings (SSSR count). The topological polar surface area (TPSA) is 92.5 Å². The highest BCUT2D eigenvalue weighted by Crippen LogP contribution is 1.97. The molecule has 0 atom stereocenters. The van der Waals surface area contributed by atoms with Crippen LogP contribution in [0, 0.1) is 0 Å². The third-order valence-electron chi connectivity index (χ3n) is 0.749. The highest BCUT2D eigenvalue weighted by molar-refractivity contribution is 4.53. The SMILES string of the molecule is NCCCC(N)(O)O. The van der Waals surface area contributed by atoms with E-state index in [2.05, 4.69) is 0 Å². The molecule has 50 valence electrons. The van der Waals surface area contributed by atoms with Crippen LogP contribution < -0.4 is 11.5 Å². The van der Waals surface area contributed by atoms with Crippen LogP contribution in [0.2, 0.25) is 0 Å². The molecule has 0 heterocycles. The van der Waals surface area contributed by atoms with E-state index in [1.54, 1.807) is 0 Å². The van der Waals surface area contributed by atoms with Crippen molar-refractivity contribution >= 4 is 0 Å². The Morgan fingerprint density at radius 3 is 2.00 bits per heavy atom. The minimum Gasteiger partial charge on any atom is -0.354 e. The second-order valence-corrected chi connectivity index (χ2v) is 1.77. The van der Waals surface area contributed by atoms with Gasteiger partial charge < -0.3 is 15.9 Å². The molecule has 0 aliphatic carbocycles. The van der Waals surface area contributed by atoms with Crippen molar-refractivity contribution in [3.8, 4) is 0 Å². The molecule has 0 aliphatic rings. The monoisotopic (exact) mass is 120 g/mol. The summed E-state index contributed by atoms with van der Waals surface area (Å²) in [5.41, 5.74) is 9.84. The van der Waals surface area contributed by atoms with Crippen LogP contribution >= 0.6 is 0 Å². The molecule has 0 fully saturated rings. The smallest absolute Gasteiger partial charge is 0.219 e. The van der Waals surface area contributed by atoms with Gasteiger partial charge in [0.05, 0.1) is 0 Å². The third kappa shape index (κ3) is 5.84. The zero-order chi connectivity index (χ0) is 6.62. The minimum atomic E-state index is -2.03. The van der Waals surface area contributed by atoms with Crippen LogP contribution in [-0.4, -0.2) is 22.7 Å². The average molecular weight is 120 g/mol. The summed E-state index contributed by atoms with van der Waals surface area (Å²) in [6, 6.07) is 0. The van der Waals surface area contributed by atoms with Gasteiger partial charge in [0.25, 0.3) is 0 Å². The van der Waals surface area contributed by atoms with E-state index in [0.29, 0.717) is 13.0 Å². The minimum absolute atomic E-state index is 0.128. The molecule has 4 heteroatoms. The van der Waals surface area contributed by atoms with Gasteiger partial charge >= 0.3 is 0 Å². The van der Waals surface area contributed by atoms with Crippen molar-refractivity contribution in [1.29, 1.82) is 0 Å². The first-order chi connectivity index (χ1) is 3.56. The molecule has 4 nitrogen and oxygen atoms in total. The van der Waals surface area contributed by atoms with E-state index in [9.17, 15) is 0 Å². The van der Waals surface area contributed by atoms with Crippen LogP contribution in [0.5, 0.6) is 0 Å². The van der Waals surface area contributed by atoms with E-state index >= 15 is 0 Å². The maximum absolute atomic E-state index is 8.43. The fourth-order valence-electron chi connectivity index (χ4n) is 0.362. The Kier molecular flexibility index (Phi) is 2.93. The van der Waals surface area contributed by atoms with Gasteiger partial charge in [-0.05, 0) is 13.0 Å². The first kappa shape index (κ1) is 7.84. The Morgan fingerprint density at radius 1 is 1.38 bits per heavy atom. The van der Waals surface area contributed by atoms with E-state index in [1.165, 1.54) is 0 Å². The molecule has 0 aromatic heterocycles. The predicted molar refractivity (Wildman–Crippen MR) is 29.6 cm³/mol. The zero-order valence-electron chi connectivity index (χ0n) is 4.67. The van der Waals surface area contributed by atoms with Crippen LogP contribution in [0.3, 0.4) is 0 Å². The van der Waals surface area contributed by atoms with Crippen LogP contribution in [-0.2, 0) is 0 Å². The summed E-state index contributed by atoms with van der Waals surface area (Å²) in [7, 11) is 0. The van der Waals surface area contributed by atoms with E-state index in [0.717, 1.165) is 0 Å². The quantitative estimate of drug-likeness (QED) is 0.335. The maximum atomic E-state index is 8.43. The molecule has 0 spiro atoms. The van der Waals surface area contributed by atoms with E-state index in [4.69, 9.17) is 21.7 Å². The van der Waals surface area contributed by atoms with Crippen LogP contribution in [0.15, 0.2) is 0 Å². The molecule has 0 aromatic carbocycles. The van der Waals surface area contributed by atoms with Gasteiger partial charge in [-0.25, -0.2) is 0 Å². The molecule has 0 saturated heterocycles. The summed E-state index contributed by atoms with van der Waals surface area (Å²) in [6.07, 6.45) is 0.660. The maximum Gasteiger partial charge on any atom is 0.219 e. The number of rotatable bonds is 3. The number of hydrogen-bond acceptors (Lipinski definition) is 4. The summed E-state index contributed by atoms with van der Waals surface area (Å²) in [5.74, 6) is -2.03. The summed E-state index contributed by atoms with van der Waals surface area (Å²) >= 11 is 0. The van der Waals surface area contributed by atoms with Crippen molar-refractivity contribution in [2.45, 2.75) is 18.8 Å². The van der Waals surface area contributed by atoms with Crippen LogP contribution in [0.25, 0.3) is 0 Å². The van der Waals surface area contributed by atoms with Crippen LogP contribution in [0.1, 0.15) is 12.8 Å². The lowest BCUT2D eigenvalue weighted by Gasteiger charge is -2.13. The second kappa shape index (κ2) is 2.99. The summed E-state index contributed by atoms with van der Waals surface area (Å²) in [6.45, 7) is 0.431. The Morgan fingerprint density at radius 2 is 1.88 bits per heavy atom. The lowest BCUT2D eigenvalue weighted by Crippen LogP contribution is -2.39. The fraction of sp³-hybridized carbons (Fsp3) is 1.00. The molecule has 0 amide bonds. The first-order valence-corrected chi connectivity index (χ1v) is 2.50. The van der Waals surface area contributed by atoms with Gasteiger partial charge in [-0.15, -0.1) is 0 Å². The van der Waals surface area contributed by atoms with Gasteiger partial charge in [0.2, 0.25) is 5.91 Å². The Hall–Kier alpha value is -0.160. The Balaban J connectivity index is 3.11. The van der Waals surface area contributed by atoms with E-state index < -0.39 is 5.91 Å². The van der Waals surface area contributed by atoms with Crippen molar-refractivity contribution in [3.63, 3.8) is 0 Å². The van der Waals surface area contributed by atoms with Crippen molar-refractivity contribution < 1.29 is 10.2 Å². The Bertz CT molecular complexity index is 59.5. The summed E-state index contributed by atoms with van der Waals surface area (Å²) < 4.78 is 0. The highest BCUT2D eigenvalue weighted by atomic mass is 16.5. The molecule has 0 aromatic rings. The number of aliphatic hydroxyl groups is 2. The van der Waals surface area contributed by atoms with Crippen molar-refractivity contribution in [2.24, 2.45) is 11.5 Å². The van der Waals surface area contributed by atoms with Gasteiger partial charge in [0, 0.05) is 6.42 Å². The largest absolute Gasteiger partial charge is 0.354 e. The van der Waals surface area contributed by atoms with Gasteiger partial charge in [0.1, 0.15) is 0 Å². The highest BCUT2D eigenvalue weighted by Gasteiger charge is 2.13. The molecule has 0 saturated carbocycles. The molecule has 0 bridgehead atoms. The molecule has 6 N–H and O–H groups in total. The summed E-state index contributed by atoms with van der Waals surface area (Å²) in [4.78, 5) is 0. The third-order valence-corrected chi connectivity index (χ3v) is 0.749. The second-order valence-electron chi connectivity index (χ2n) is 1.77. The van der Waals surface area contributed by atoms with E-state index in [-0.39, 0.29) is 6.42 Å². The normalized spacial score (nSPS) is 12.0. The van der Waals surface area contributed by atoms with Gasteiger partial charge in [0.15, 0.2) is 0 Å². The van der Waals surface area contributed by atoms with Crippen LogP contribution in [0.4, 0.5) is 0 Å². The predicted octanol–water partition coefficient (Wildman–Crippen LogP) is -1.68. The van der Waals surface area contributed by atoms with Gasteiger partial charge in [-0.2, -0.15) is 0 Å². The Labute approximate surface area is 48.1 Å². The number of hydrogen-bond donors (Lipinski definition) is 4. The van der Waals surface area contributed by atoms with Gasteiger partial charge in [-0.1, -0.05) is 0 Å². The molecule has 0 radical (unpaired) electrons. The zero-order valence-corrected chi connectivity index (χ0v) is 4.67. The molecular formula is C4H12N2O2. The molecular weight excluding hydrogens is 108 g/mol. The first-order valence-electron chi connectivity index (χ1n) is 2.50. The summed E-state index contributed by atoms with van der Waals surface area (Å²) in [5, 5.41) is 16.9. The lowest BCUT2D eigenvalue weighted by atomic mass is 10.2. The van der Waals surface area contributed by atoms with Gasteiger partial charge in [-0.3, -0.25) is 5.73 Å². The van der Waals surface area contributed by atoms with E-state index in [1.807, 2.05) is 0 Å². The number of nitrogens with two attached hydrogens (primary N) is 2. The fourth-order valence-corrected chi connectivity index (χ4v) is 0.362.